The van der Waals surface area contributed by atoms with Crippen LogP contribution in [-0.4, -0.2) is 44.5 Å². The van der Waals surface area contributed by atoms with Crippen LogP contribution in [0.1, 0.15) is 32.6 Å². The molecule has 1 aromatic heterocycles. The maximum Gasteiger partial charge on any atom is 0.407 e. The van der Waals surface area contributed by atoms with Crippen molar-refractivity contribution in [1.82, 2.24) is 15.3 Å². The van der Waals surface area contributed by atoms with Gasteiger partial charge in [-0.1, -0.05) is 12.1 Å². The van der Waals surface area contributed by atoms with Crippen molar-refractivity contribution in [2.24, 2.45) is 0 Å². The number of ether oxygens (including phenoxy) is 1. The summed E-state index contributed by atoms with van der Waals surface area (Å²) >= 11 is 0. The first-order chi connectivity index (χ1) is 10.8. The number of aliphatic hydroxyl groups is 2. The van der Waals surface area contributed by atoms with E-state index >= 15 is 0 Å². The van der Waals surface area contributed by atoms with Crippen molar-refractivity contribution < 1.29 is 19.7 Å². The SMILES string of the molecule is CC(C)(C)OC(=O)NCC(O)C(O)c1cnc2ccccc2n1. The number of nitrogens with one attached hydrogen (secondary N) is 1. The van der Waals surface area contributed by atoms with Crippen LogP contribution in [0.2, 0.25) is 0 Å². The molecule has 3 N–H and O–H groups in total. The molecule has 2 atom stereocenters. The predicted molar refractivity (Wildman–Crippen MR) is 84.7 cm³/mol. The summed E-state index contributed by atoms with van der Waals surface area (Å²) in [6.07, 6.45) is -1.74. The van der Waals surface area contributed by atoms with Gasteiger partial charge in [0, 0.05) is 6.54 Å². The number of carbonyl (C=O) groups is 1. The highest BCUT2D eigenvalue weighted by molar-refractivity contribution is 5.73. The molecule has 1 amide bonds. The van der Waals surface area contributed by atoms with Gasteiger partial charge in [0.05, 0.1) is 22.9 Å². The summed E-state index contributed by atoms with van der Waals surface area (Å²) in [4.78, 5) is 20.0. The van der Waals surface area contributed by atoms with Gasteiger partial charge >= 0.3 is 6.09 Å². The molecule has 1 heterocycles. The van der Waals surface area contributed by atoms with Crippen molar-refractivity contribution >= 4 is 17.1 Å². The van der Waals surface area contributed by atoms with Gasteiger partial charge in [0.2, 0.25) is 0 Å². The van der Waals surface area contributed by atoms with Crippen LogP contribution in [-0.2, 0) is 4.74 Å². The molecule has 0 saturated carbocycles. The Balaban J connectivity index is 1.98. The van der Waals surface area contributed by atoms with Gasteiger partial charge in [0.1, 0.15) is 17.8 Å². The van der Waals surface area contributed by atoms with Crippen LogP contribution in [0.4, 0.5) is 4.79 Å². The topological polar surface area (TPSA) is 105 Å². The van der Waals surface area contributed by atoms with Crippen LogP contribution in [0.15, 0.2) is 30.5 Å². The number of aromatic nitrogens is 2. The molecule has 124 valence electrons. The van der Waals surface area contributed by atoms with E-state index in [0.29, 0.717) is 11.0 Å². The third-order valence-electron chi connectivity index (χ3n) is 2.99. The smallest absolute Gasteiger partial charge is 0.407 e. The molecule has 0 aliphatic rings. The van der Waals surface area contributed by atoms with E-state index in [0.717, 1.165) is 0 Å². The number of amides is 1. The third kappa shape index (κ3) is 4.87. The second-order valence-corrected chi connectivity index (χ2v) is 6.18. The molecule has 0 spiro atoms. The third-order valence-corrected chi connectivity index (χ3v) is 2.99. The van der Waals surface area contributed by atoms with Gasteiger partial charge in [-0.2, -0.15) is 0 Å². The number of nitrogens with zero attached hydrogens (tertiary/aromatic N) is 2. The standard InChI is InChI=1S/C16H21N3O4/c1-16(2,3)23-15(22)18-9-13(20)14(21)12-8-17-10-6-4-5-7-11(10)19-12/h4-8,13-14,20-21H,9H2,1-3H3,(H,18,22). The lowest BCUT2D eigenvalue weighted by Crippen LogP contribution is -2.39. The zero-order chi connectivity index (χ0) is 17.0. The molecule has 1 aromatic carbocycles. The number of benzene rings is 1. The summed E-state index contributed by atoms with van der Waals surface area (Å²) in [5.74, 6) is 0. The van der Waals surface area contributed by atoms with Crippen molar-refractivity contribution in [3.63, 3.8) is 0 Å². The molecule has 0 radical (unpaired) electrons. The molecule has 7 heteroatoms. The van der Waals surface area contributed by atoms with E-state index < -0.39 is 23.9 Å². The highest BCUT2D eigenvalue weighted by atomic mass is 16.6. The van der Waals surface area contributed by atoms with Crippen molar-refractivity contribution in [3.8, 4) is 0 Å². The van der Waals surface area contributed by atoms with E-state index in [1.54, 1.807) is 32.9 Å². The molecule has 2 unspecified atom stereocenters. The van der Waals surface area contributed by atoms with E-state index in [1.807, 2.05) is 12.1 Å². The lowest BCUT2D eigenvalue weighted by molar-refractivity contribution is 0.0108. The quantitative estimate of drug-likeness (QED) is 0.790. The zero-order valence-electron chi connectivity index (χ0n) is 13.4. The number of para-hydroxylation sites is 2. The maximum absolute atomic E-state index is 11.5. The number of rotatable bonds is 4. The van der Waals surface area contributed by atoms with Crippen LogP contribution in [0.5, 0.6) is 0 Å². The summed E-state index contributed by atoms with van der Waals surface area (Å²) in [6, 6.07) is 7.23. The minimum atomic E-state index is -1.26. The number of aliphatic hydroxyl groups excluding tert-OH is 2. The number of hydrogen-bond acceptors (Lipinski definition) is 6. The lowest BCUT2D eigenvalue weighted by atomic mass is 10.1. The maximum atomic E-state index is 11.5. The van der Waals surface area contributed by atoms with E-state index in [1.165, 1.54) is 6.20 Å². The molecular formula is C16H21N3O4. The summed E-state index contributed by atoms with van der Waals surface area (Å²) in [5, 5.41) is 22.6. The number of carbonyl (C=O) groups excluding carboxylic acids is 1. The van der Waals surface area contributed by atoms with E-state index in [-0.39, 0.29) is 12.2 Å². The number of alkyl carbamates (subject to hydrolysis) is 1. The highest BCUT2D eigenvalue weighted by Crippen LogP contribution is 2.17. The van der Waals surface area contributed by atoms with Crippen LogP contribution in [0.3, 0.4) is 0 Å². The Kier molecular flexibility index (Phi) is 5.12. The minimum absolute atomic E-state index is 0.162. The number of fused-ring (bicyclic) bond motifs is 1. The van der Waals surface area contributed by atoms with Gasteiger partial charge in [-0.25, -0.2) is 9.78 Å². The van der Waals surface area contributed by atoms with Gasteiger partial charge in [-0.05, 0) is 32.9 Å². The monoisotopic (exact) mass is 319 g/mol. The van der Waals surface area contributed by atoms with Crippen LogP contribution in [0, 0.1) is 0 Å². The average Bonchev–Trinajstić information content (AvgIpc) is 2.49. The molecule has 0 bridgehead atoms. The first-order valence-corrected chi connectivity index (χ1v) is 7.31. The Labute approximate surface area is 134 Å². The van der Waals surface area contributed by atoms with Gasteiger partial charge in [0.25, 0.3) is 0 Å². The predicted octanol–water partition coefficient (Wildman–Crippen LogP) is 1.55. The molecule has 7 nitrogen and oxygen atoms in total. The Hall–Kier alpha value is -2.25. The van der Waals surface area contributed by atoms with Crippen molar-refractivity contribution in [3.05, 3.63) is 36.2 Å². The lowest BCUT2D eigenvalue weighted by Gasteiger charge is -2.22. The summed E-state index contributed by atoms with van der Waals surface area (Å²) < 4.78 is 5.06. The molecular weight excluding hydrogens is 298 g/mol. The second-order valence-electron chi connectivity index (χ2n) is 6.18. The van der Waals surface area contributed by atoms with E-state index in [2.05, 4.69) is 15.3 Å². The van der Waals surface area contributed by atoms with E-state index in [9.17, 15) is 15.0 Å². The van der Waals surface area contributed by atoms with Crippen molar-refractivity contribution in [2.45, 2.75) is 38.6 Å². The van der Waals surface area contributed by atoms with Crippen LogP contribution < -0.4 is 5.32 Å². The molecule has 23 heavy (non-hydrogen) atoms. The second kappa shape index (κ2) is 6.89. The largest absolute Gasteiger partial charge is 0.444 e. The first kappa shape index (κ1) is 17.1. The average molecular weight is 319 g/mol. The summed E-state index contributed by atoms with van der Waals surface area (Å²) in [7, 11) is 0. The molecule has 2 rings (SSSR count). The fourth-order valence-corrected chi connectivity index (χ4v) is 1.92. The van der Waals surface area contributed by atoms with Gasteiger partial charge in [-0.3, -0.25) is 4.98 Å². The highest BCUT2D eigenvalue weighted by Gasteiger charge is 2.22. The molecule has 0 fully saturated rings. The number of hydrogen-bond donors (Lipinski definition) is 3. The zero-order valence-corrected chi connectivity index (χ0v) is 13.4. The van der Waals surface area contributed by atoms with Gasteiger partial charge < -0.3 is 20.3 Å². The first-order valence-electron chi connectivity index (χ1n) is 7.31. The van der Waals surface area contributed by atoms with E-state index in [4.69, 9.17) is 4.74 Å². The van der Waals surface area contributed by atoms with Gasteiger partial charge in [-0.15, -0.1) is 0 Å². The fourth-order valence-electron chi connectivity index (χ4n) is 1.92. The minimum Gasteiger partial charge on any atom is -0.444 e. The Bertz CT molecular complexity index is 684. The van der Waals surface area contributed by atoms with Crippen molar-refractivity contribution in [2.75, 3.05) is 6.54 Å². The van der Waals surface area contributed by atoms with Gasteiger partial charge in [0.15, 0.2) is 0 Å². The Morgan fingerprint density at radius 1 is 1.26 bits per heavy atom. The summed E-state index contributed by atoms with van der Waals surface area (Å²) in [5.41, 5.74) is 0.931. The molecule has 0 aliphatic carbocycles. The molecule has 0 saturated heterocycles. The van der Waals surface area contributed by atoms with Crippen LogP contribution in [0.25, 0.3) is 11.0 Å². The Morgan fingerprint density at radius 3 is 2.57 bits per heavy atom. The van der Waals surface area contributed by atoms with Crippen molar-refractivity contribution in [1.29, 1.82) is 0 Å². The molecule has 2 aromatic rings. The Morgan fingerprint density at radius 2 is 1.91 bits per heavy atom. The summed E-state index contributed by atoms with van der Waals surface area (Å²) in [6.45, 7) is 5.05. The van der Waals surface area contributed by atoms with Crippen LogP contribution >= 0.6 is 0 Å². The molecule has 0 aliphatic heterocycles. The normalized spacial score (nSPS) is 14.3. The fraction of sp³-hybridized carbons (Fsp3) is 0.438.